The summed E-state index contributed by atoms with van der Waals surface area (Å²) in [6.07, 6.45) is -2.88. The van der Waals surface area contributed by atoms with Gasteiger partial charge in [-0.1, -0.05) is 30.3 Å². The molecule has 1 N–H and O–H groups in total. The lowest BCUT2D eigenvalue weighted by Crippen LogP contribution is -2.44. The Bertz CT molecular complexity index is 863. The van der Waals surface area contributed by atoms with E-state index in [1.54, 1.807) is 24.3 Å². The van der Waals surface area contributed by atoms with Gasteiger partial charge in [-0.05, 0) is 23.6 Å². The Hall–Kier alpha value is -2.96. The van der Waals surface area contributed by atoms with E-state index in [1.807, 2.05) is 5.32 Å². The van der Waals surface area contributed by atoms with E-state index in [-0.39, 0.29) is 11.9 Å². The first kappa shape index (κ1) is 15.9. The number of nitrogens with one attached hydrogen (secondary N) is 1. The van der Waals surface area contributed by atoms with Gasteiger partial charge in [0.2, 0.25) is 0 Å². The van der Waals surface area contributed by atoms with Crippen LogP contribution < -0.4 is 10.1 Å². The van der Waals surface area contributed by atoms with E-state index in [1.165, 1.54) is 24.5 Å². The minimum atomic E-state index is -4.23. The van der Waals surface area contributed by atoms with Gasteiger partial charge in [-0.25, -0.2) is 4.39 Å². The third-order valence-electron chi connectivity index (χ3n) is 3.33. The average Bonchev–Trinajstić information content (AvgIpc) is 3.09. The van der Waals surface area contributed by atoms with Crippen molar-refractivity contribution in [2.24, 2.45) is 0 Å². The summed E-state index contributed by atoms with van der Waals surface area (Å²) in [7, 11) is 0. The van der Waals surface area contributed by atoms with Gasteiger partial charge in [-0.2, -0.15) is 8.78 Å². The fourth-order valence-electron chi connectivity index (χ4n) is 2.16. The second-order valence-electron chi connectivity index (χ2n) is 4.98. The highest BCUT2D eigenvalue weighted by molar-refractivity contribution is 5.85. The van der Waals surface area contributed by atoms with Crippen LogP contribution in [-0.2, 0) is 11.3 Å². The number of halogens is 3. The summed E-state index contributed by atoms with van der Waals surface area (Å²) in [5, 5.41) is 2.63. The summed E-state index contributed by atoms with van der Waals surface area (Å²) in [6.45, 7) is -0.231. The SMILES string of the molecule is O=C(NCc1ccco1)C(F)(F)Oc1ccc2ccccc2c1F. The first-order valence-corrected chi connectivity index (χ1v) is 7.02. The standard InChI is InChI=1S/C17H12F3NO3/c18-15-13-6-2-1-4-11(13)7-8-14(15)24-17(19,20)16(22)21-10-12-5-3-9-23-12/h1-9H,10H2,(H,21,22). The summed E-state index contributed by atoms with van der Waals surface area (Å²) >= 11 is 0. The van der Waals surface area contributed by atoms with E-state index < -0.39 is 23.6 Å². The van der Waals surface area contributed by atoms with Gasteiger partial charge in [-0.15, -0.1) is 0 Å². The Balaban J connectivity index is 1.76. The Morgan fingerprint density at radius 2 is 1.92 bits per heavy atom. The van der Waals surface area contributed by atoms with Gasteiger partial charge >= 0.3 is 12.0 Å². The van der Waals surface area contributed by atoms with Gasteiger partial charge < -0.3 is 14.5 Å². The van der Waals surface area contributed by atoms with Crippen LogP contribution in [0.25, 0.3) is 10.8 Å². The second kappa shape index (κ2) is 6.27. The van der Waals surface area contributed by atoms with Crippen LogP contribution >= 0.6 is 0 Å². The van der Waals surface area contributed by atoms with E-state index >= 15 is 0 Å². The zero-order valence-electron chi connectivity index (χ0n) is 12.3. The molecule has 1 amide bonds. The molecule has 0 saturated carbocycles. The van der Waals surface area contributed by atoms with Gasteiger partial charge in [0.25, 0.3) is 0 Å². The number of rotatable bonds is 5. The number of hydrogen-bond donors (Lipinski definition) is 1. The van der Waals surface area contributed by atoms with Gasteiger partial charge in [0.05, 0.1) is 12.8 Å². The number of benzene rings is 2. The molecule has 7 heteroatoms. The maximum atomic E-state index is 14.3. The smallest absolute Gasteiger partial charge is 0.467 e. The van der Waals surface area contributed by atoms with Crippen LogP contribution in [0.15, 0.2) is 59.2 Å². The fourth-order valence-corrected chi connectivity index (χ4v) is 2.16. The lowest BCUT2D eigenvalue weighted by Gasteiger charge is -2.17. The van der Waals surface area contributed by atoms with E-state index in [9.17, 15) is 18.0 Å². The Labute approximate surface area is 134 Å². The maximum absolute atomic E-state index is 14.3. The molecule has 0 radical (unpaired) electrons. The van der Waals surface area contributed by atoms with Crippen molar-refractivity contribution in [1.82, 2.24) is 5.32 Å². The zero-order chi connectivity index (χ0) is 17.2. The highest BCUT2D eigenvalue weighted by Gasteiger charge is 2.42. The fraction of sp³-hybridized carbons (Fsp3) is 0.118. The van der Waals surface area contributed by atoms with Gasteiger partial charge in [0, 0.05) is 5.39 Å². The lowest BCUT2D eigenvalue weighted by molar-refractivity contribution is -0.193. The number of amides is 1. The molecule has 0 aliphatic heterocycles. The van der Waals surface area contributed by atoms with Crippen molar-refractivity contribution in [3.63, 3.8) is 0 Å². The predicted octanol–water partition coefficient (Wildman–Crippen LogP) is 3.86. The minimum Gasteiger partial charge on any atom is -0.467 e. The second-order valence-corrected chi connectivity index (χ2v) is 4.98. The third kappa shape index (κ3) is 3.19. The summed E-state index contributed by atoms with van der Waals surface area (Å²) in [5.41, 5.74) is 0. The molecule has 0 fully saturated rings. The predicted molar refractivity (Wildman–Crippen MR) is 80.0 cm³/mol. The topological polar surface area (TPSA) is 51.5 Å². The molecule has 0 spiro atoms. The number of hydrogen-bond acceptors (Lipinski definition) is 3. The normalized spacial score (nSPS) is 11.5. The molecule has 2 aromatic carbocycles. The minimum absolute atomic E-state index is 0.127. The van der Waals surface area contributed by atoms with Crippen molar-refractivity contribution >= 4 is 16.7 Å². The van der Waals surface area contributed by atoms with Crippen LogP contribution in [0.5, 0.6) is 5.75 Å². The molecule has 0 atom stereocenters. The first-order valence-electron chi connectivity index (χ1n) is 7.02. The molecule has 0 unspecified atom stereocenters. The van der Waals surface area contributed by atoms with E-state index in [0.29, 0.717) is 11.1 Å². The van der Waals surface area contributed by atoms with Crippen LogP contribution in [-0.4, -0.2) is 12.0 Å². The van der Waals surface area contributed by atoms with Crippen molar-refractivity contribution in [3.8, 4) is 5.75 Å². The molecule has 0 aliphatic rings. The van der Waals surface area contributed by atoms with Crippen LogP contribution in [0.1, 0.15) is 5.76 Å². The van der Waals surface area contributed by atoms with Gasteiger partial charge in [-0.3, -0.25) is 4.79 Å². The molecule has 1 heterocycles. The van der Waals surface area contributed by atoms with E-state index in [2.05, 4.69) is 4.74 Å². The molecule has 1 aromatic heterocycles. The van der Waals surface area contributed by atoms with E-state index in [4.69, 9.17) is 4.42 Å². The molecular weight excluding hydrogens is 323 g/mol. The number of ether oxygens (including phenoxy) is 1. The highest BCUT2D eigenvalue weighted by atomic mass is 19.3. The Kier molecular flexibility index (Phi) is 4.16. The van der Waals surface area contributed by atoms with Crippen LogP contribution in [0, 0.1) is 5.82 Å². The molecule has 3 aromatic rings. The van der Waals surface area contributed by atoms with Gasteiger partial charge in [0.1, 0.15) is 5.76 Å². The van der Waals surface area contributed by atoms with Crippen molar-refractivity contribution in [2.45, 2.75) is 12.7 Å². The van der Waals surface area contributed by atoms with Crippen molar-refractivity contribution in [3.05, 3.63) is 66.4 Å². The van der Waals surface area contributed by atoms with Crippen LogP contribution in [0.2, 0.25) is 0 Å². The molecule has 0 aliphatic carbocycles. The average molecular weight is 335 g/mol. The number of carbonyl (C=O) groups excluding carboxylic acids is 1. The van der Waals surface area contributed by atoms with Crippen molar-refractivity contribution < 1.29 is 27.1 Å². The molecule has 4 nitrogen and oxygen atoms in total. The molecular formula is C17H12F3NO3. The highest BCUT2D eigenvalue weighted by Crippen LogP contribution is 2.30. The molecule has 3 rings (SSSR count). The first-order chi connectivity index (χ1) is 11.5. The summed E-state index contributed by atoms with van der Waals surface area (Å²) in [5.74, 6) is -3.04. The Morgan fingerprint density at radius 3 is 2.67 bits per heavy atom. The number of fused-ring (bicyclic) bond motifs is 1. The quantitative estimate of drug-likeness (QED) is 0.770. The summed E-state index contributed by atoms with van der Waals surface area (Å²) in [4.78, 5) is 11.6. The maximum Gasteiger partial charge on any atom is 0.482 e. The van der Waals surface area contributed by atoms with E-state index in [0.717, 1.165) is 6.07 Å². The van der Waals surface area contributed by atoms with Crippen LogP contribution in [0.3, 0.4) is 0 Å². The number of furan rings is 1. The largest absolute Gasteiger partial charge is 0.482 e. The Morgan fingerprint density at radius 1 is 1.12 bits per heavy atom. The summed E-state index contributed by atoms with van der Waals surface area (Å²) in [6, 6.07) is 11.9. The third-order valence-corrected chi connectivity index (χ3v) is 3.33. The zero-order valence-corrected chi connectivity index (χ0v) is 12.3. The molecule has 24 heavy (non-hydrogen) atoms. The summed E-state index contributed by atoms with van der Waals surface area (Å²) < 4.78 is 51.3. The van der Waals surface area contributed by atoms with Gasteiger partial charge in [0.15, 0.2) is 11.6 Å². The molecule has 0 saturated heterocycles. The number of alkyl halides is 2. The molecule has 0 bridgehead atoms. The number of carbonyl (C=O) groups is 1. The van der Waals surface area contributed by atoms with Crippen molar-refractivity contribution in [1.29, 1.82) is 0 Å². The molecule has 124 valence electrons. The van der Waals surface area contributed by atoms with Crippen molar-refractivity contribution in [2.75, 3.05) is 0 Å². The lowest BCUT2D eigenvalue weighted by atomic mass is 10.1. The van der Waals surface area contributed by atoms with Crippen LogP contribution in [0.4, 0.5) is 13.2 Å². The monoisotopic (exact) mass is 335 g/mol.